The number of amides is 1. The fraction of sp³-hybridized carbons (Fsp3) is 0.500. The predicted octanol–water partition coefficient (Wildman–Crippen LogP) is 2.95. The van der Waals surface area contributed by atoms with Gasteiger partial charge in [-0.2, -0.15) is 0 Å². The lowest BCUT2D eigenvalue weighted by Crippen LogP contribution is -2.28. The van der Waals surface area contributed by atoms with Crippen LogP contribution in [0.25, 0.3) is 0 Å². The minimum atomic E-state index is -0.795. The van der Waals surface area contributed by atoms with Crippen LogP contribution in [0.15, 0.2) is 12.3 Å². The van der Waals surface area contributed by atoms with Crippen molar-refractivity contribution >= 4 is 6.09 Å². The molecule has 18 heavy (non-hydrogen) atoms. The average Bonchev–Trinajstić information content (AvgIpc) is 2.28. The summed E-state index contributed by atoms with van der Waals surface area (Å²) < 4.78 is 30.9. The number of hydrogen-bond donors (Lipinski definition) is 1. The molecule has 4 nitrogen and oxygen atoms in total. The second-order valence-electron chi connectivity index (χ2n) is 3.88. The van der Waals surface area contributed by atoms with Crippen LogP contribution in [0.1, 0.15) is 38.4 Å². The Labute approximate surface area is 104 Å². The summed E-state index contributed by atoms with van der Waals surface area (Å²) in [5.41, 5.74) is -0.0242. The van der Waals surface area contributed by atoms with Crippen molar-refractivity contribution in [2.45, 2.75) is 32.7 Å². The summed E-state index contributed by atoms with van der Waals surface area (Å²) in [6, 6.07) is 0.0443. The minimum absolute atomic E-state index is 0.0242. The molecular weight excluding hydrogens is 242 g/mol. The molecule has 0 aliphatic heterocycles. The molecule has 0 saturated carbocycles. The van der Waals surface area contributed by atoms with Crippen LogP contribution in [0.5, 0.6) is 0 Å². The largest absolute Gasteiger partial charge is 0.450 e. The number of unbranched alkanes of at least 4 members (excludes halogenated alkanes) is 1. The van der Waals surface area contributed by atoms with Gasteiger partial charge in [0.05, 0.1) is 24.5 Å². The molecule has 0 aliphatic carbocycles. The number of ether oxygens (including phenoxy) is 1. The third-order valence-electron chi connectivity index (χ3n) is 2.31. The van der Waals surface area contributed by atoms with Gasteiger partial charge in [-0.25, -0.2) is 13.6 Å². The third kappa shape index (κ3) is 4.27. The van der Waals surface area contributed by atoms with Gasteiger partial charge in [-0.15, -0.1) is 0 Å². The zero-order valence-corrected chi connectivity index (χ0v) is 10.4. The number of carbonyl (C=O) groups is 1. The van der Waals surface area contributed by atoms with E-state index in [1.165, 1.54) is 0 Å². The molecule has 0 saturated heterocycles. The van der Waals surface area contributed by atoms with E-state index in [-0.39, 0.29) is 5.69 Å². The number of rotatable bonds is 5. The SMILES string of the molecule is CCCCOC(=O)NC(C)c1ncc(F)cc1F. The molecule has 6 heteroatoms. The maximum atomic E-state index is 13.4. The Balaban J connectivity index is 2.54. The van der Waals surface area contributed by atoms with E-state index >= 15 is 0 Å². The molecule has 0 aliphatic rings. The Kier molecular flexibility index (Phi) is 5.48. The number of pyridine rings is 1. The van der Waals surface area contributed by atoms with Crippen molar-refractivity contribution in [3.63, 3.8) is 0 Å². The Bertz CT molecular complexity index is 413. The fourth-order valence-corrected chi connectivity index (χ4v) is 1.34. The molecule has 1 aromatic heterocycles. The zero-order chi connectivity index (χ0) is 13.5. The molecule has 1 unspecified atom stereocenters. The van der Waals surface area contributed by atoms with Gasteiger partial charge < -0.3 is 10.1 Å². The molecule has 1 heterocycles. The van der Waals surface area contributed by atoms with Gasteiger partial charge in [0, 0.05) is 6.07 Å². The third-order valence-corrected chi connectivity index (χ3v) is 2.31. The van der Waals surface area contributed by atoms with Gasteiger partial charge in [0.25, 0.3) is 0 Å². The number of aromatic nitrogens is 1. The number of nitrogens with one attached hydrogen (secondary N) is 1. The number of nitrogens with zero attached hydrogens (tertiary/aromatic N) is 1. The van der Waals surface area contributed by atoms with Crippen LogP contribution in [0, 0.1) is 11.6 Å². The first kappa shape index (κ1) is 14.3. The van der Waals surface area contributed by atoms with Gasteiger partial charge >= 0.3 is 6.09 Å². The van der Waals surface area contributed by atoms with Gasteiger partial charge in [0.2, 0.25) is 0 Å². The highest BCUT2D eigenvalue weighted by Crippen LogP contribution is 2.14. The summed E-state index contributed by atoms with van der Waals surface area (Å²) in [5.74, 6) is -1.55. The quantitative estimate of drug-likeness (QED) is 0.826. The molecule has 0 aromatic carbocycles. The van der Waals surface area contributed by atoms with Crippen molar-refractivity contribution < 1.29 is 18.3 Å². The van der Waals surface area contributed by atoms with E-state index in [0.29, 0.717) is 6.61 Å². The average molecular weight is 258 g/mol. The first-order valence-electron chi connectivity index (χ1n) is 5.78. The van der Waals surface area contributed by atoms with Crippen LogP contribution in [0.4, 0.5) is 13.6 Å². The van der Waals surface area contributed by atoms with Crippen LogP contribution < -0.4 is 5.32 Å². The highest BCUT2D eigenvalue weighted by atomic mass is 19.1. The number of hydrogen-bond acceptors (Lipinski definition) is 3. The summed E-state index contributed by atoms with van der Waals surface area (Å²) >= 11 is 0. The number of halogens is 2. The highest BCUT2D eigenvalue weighted by Gasteiger charge is 2.16. The maximum Gasteiger partial charge on any atom is 0.407 e. The minimum Gasteiger partial charge on any atom is -0.450 e. The second kappa shape index (κ2) is 6.88. The molecule has 0 fully saturated rings. The number of carbonyl (C=O) groups excluding carboxylic acids is 1. The normalized spacial score (nSPS) is 12.0. The lowest BCUT2D eigenvalue weighted by Gasteiger charge is -2.14. The Morgan fingerprint density at radius 1 is 1.56 bits per heavy atom. The van der Waals surface area contributed by atoms with Crippen LogP contribution in [-0.4, -0.2) is 17.7 Å². The van der Waals surface area contributed by atoms with Crippen LogP contribution in [0.2, 0.25) is 0 Å². The predicted molar refractivity (Wildman–Crippen MR) is 62.0 cm³/mol. The van der Waals surface area contributed by atoms with Crippen LogP contribution in [-0.2, 0) is 4.74 Å². The molecule has 0 bridgehead atoms. The van der Waals surface area contributed by atoms with E-state index in [1.54, 1.807) is 6.92 Å². The van der Waals surface area contributed by atoms with Gasteiger partial charge in [-0.05, 0) is 13.3 Å². The fourth-order valence-electron chi connectivity index (χ4n) is 1.34. The molecular formula is C12H16F2N2O2. The molecule has 1 amide bonds. The van der Waals surface area contributed by atoms with Gasteiger partial charge in [-0.1, -0.05) is 13.3 Å². The molecule has 1 rings (SSSR count). The van der Waals surface area contributed by atoms with Crippen molar-refractivity contribution in [1.82, 2.24) is 10.3 Å². The lowest BCUT2D eigenvalue weighted by atomic mass is 10.2. The van der Waals surface area contributed by atoms with E-state index in [9.17, 15) is 13.6 Å². The Morgan fingerprint density at radius 3 is 2.89 bits per heavy atom. The van der Waals surface area contributed by atoms with Gasteiger partial charge in [-0.3, -0.25) is 4.98 Å². The van der Waals surface area contributed by atoms with Crippen molar-refractivity contribution in [3.05, 3.63) is 29.6 Å². The zero-order valence-electron chi connectivity index (χ0n) is 10.4. The summed E-state index contributed by atoms with van der Waals surface area (Å²) in [4.78, 5) is 14.9. The summed E-state index contributed by atoms with van der Waals surface area (Å²) in [7, 11) is 0. The first-order chi connectivity index (χ1) is 8.54. The summed E-state index contributed by atoms with van der Waals surface area (Å²) in [6.45, 7) is 3.83. The van der Waals surface area contributed by atoms with Crippen molar-refractivity contribution in [2.75, 3.05) is 6.61 Å². The van der Waals surface area contributed by atoms with Crippen molar-refractivity contribution in [2.24, 2.45) is 0 Å². The first-order valence-corrected chi connectivity index (χ1v) is 5.78. The molecule has 1 N–H and O–H groups in total. The van der Waals surface area contributed by atoms with Crippen LogP contribution >= 0.6 is 0 Å². The highest BCUT2D eigenvalue weighted by molar-refractivity contribution is 5.67. The maximum absolute atomic E-state index is 13.4. The summed E-state index contributed by atoms with van der Waals surface area (Å²) in [6.07, 6.45) is 1.95. The molecule has 0 radical (unpaired) electrons. The number of alkyl carbamates (subject to hydrolysis) is 1. The summed E-state index contributed by atoms with van der Waals surface area (Å²) in [5, 5.41) is 2.43. The monoisotopic (exact) mass is 258 g/mol. The molecule has 1 atom stereocenters. The van der Waals surface area contributed by atoms with E-state index in [1.807, 2.05) is 6.92 Å². The van der Waals surface area contributed by atoms with E-state index in [0.717, 1.165) is 25.1 Å². The smallest absolute Gasteiger partial charge is 0.407 e. The molecule has 1 aromatic rings. The topological polar surface area (TPSA) is 51.2 Å². The Hall–Kier alpha value is -1.72. The van der Waals surface area contributed by atoms with Crippen molar-refractivity contribution in [3.8, 4) is 0 Å². The van der Waals surface area contributed by atoms with Crippen molar-refractivity contribution in [1.29, 1.82) is 0 Å². The van der Waals surface area contributed by atoms with E-state index in [4.69, 9.17) is 4.74 Å². The Morgan fingerprint density at radius 2 is 2.28 bits per heavy atom. The van der Waals surface area contributed by atoms with E-state index < -0.39 is 23.8 Å². The second-order valence-corrected chi connectivity index (χ2v) is 3.88. The van der Waals surface area contributed by atoms with Gasteiger partial charge in [0.1, 0.15) is 11.6 Å². The van der Waals surface area contributed by atoms with Crippen LogP contribution in [0.3, 0.4) is 0 Å². The standard InChI is InChI=1S/C12H16F2N2O2/c1-3-4-5-18-12(17)16-8(2)11-10(14)6-9(13)7-15-11/h6-8H,3-5H2,1-2H3,(H,16,17). The lowest BCUT2D eigenvalue weighted by molar-refractivity contribution is 0.141. The molecule has 0 spiro atoms. The van der Waals surface area contributed by atoms with E-state index in [2.05, 4.69) is 10.3 Å². The van der Waals surface area contributed by atoms with Gasteiger partial charge in [0.15, 0.2) is 0 Å². The molecule has 100 valence electrons.